The van der Waals surface area contributed by atoms with Crippen LogP contribution in [0.3, 0.4) is 0 Å². The summed E-state index contributed by atoms with van der Waals surface area (Å²) in [6, 6.07) is 6.16. The second kappa shape index (κ2) is 6.11. The molecular weight excluding hydrogens is 304 g/mol. The molecule has 1 N–H and O–H groups in total. The van der Waals surface area contributed by atoms with E-state index in [9.17, 15) is 0 Å². The summed E-state index contributed by atoms with van der Waals surface area (Å²) in [7, 11) is 1.69. The quantitative estimate of drug-likeness (QED) is 0.798. The molecule has 124 valence electrons. The van der Waals surface area contributed by atoms with Crippen LogP contribution in [0.25, 0.3) is 0 Å². The Morgan fingerprint density at radius 3 is 3.17 bits per heavy atom. The highest BCUT2D eigenvalue weighted by Crippen LogP contribution is 2.30. The second-order valence-corrected chi connectivity index (χ2v) is 6.34. The molecule has 2 heterocycles. The lowest BCUT2D eigenvalue weighted by Gasteiger charge is -2.17. The number of aryl methyl sites for hydroxylation is 2. The third-order valence-corrected chi connectivity index (χ3v) is 4.69. The van der Waals surface area contributed by atoms with Crippen LogP contribution >= 0.6 is 0 Å². The van der Waals surface area contributed by atoms with Gasteiger partial charge >= 0.3 is 0 Å². The van der Waals surface area contributed by atoms with Crippen LogP contribution in [-0.4, -0.2) is 27.4 Å². The van der Waals surface area contributed by atoms with Gasteiger partial charge in [0, 0.05) is 24.5 Å². The van der Waals surface area contributed by atoms with Gasteiger partial charge in [-0.05, 0) is 42.5 Å². The Balaban J connectivity index is 1.49. The molecule has 1 aliphatic rings. The van der Waals surface area contributed by atoms with Crippen molar-refractivity contribution in [1.82, 2.24) is 20.3 Å². The molecule has 6 heteroatoms. The summed E-state index contributed by atoms with van der Waals surface area (Å²) in [4.78, 5) is 4.61. The van der Waals surface area contributed by atoms with Crippen molar-refractivity contribution in [2.24, 2.45) is 0 Å². The number of aromatic nitrogens is 4. The van der Waals surface area contributed by atoms with E-state index in [1.165, 1.54) is 11.3 Å². The summed E-state index contributed by atoms with van der Waals surface area (Å²) < 4.78 is 10.9. The van der Waals surface area contributed by atoms with E-state index in [2.05, 4.69) is 32.5 Å². The lowest BCUT2D eigenvalue weighted by molar-refractivity contribution is 0.337. The third-order valence-electron chi connectivity index (χ3n) is 4.69. The molecule has 4 rings (SSSR count). The Kier molecular flexibility index (Phi) is 3.80. The van der Waals surface area contributed by atoms with Gasteiger partial charge in [0.1, 0.15) is 5.75 Å². The third kappa shape index (κ3) is 2.79. The van der Waals surface area contributed by atoms with Crippen LogP contribution in [0.5, 0.6) is 5.75 Å². The lowest BCUT2D eigenvalue weighted by atomic mass is 9.88. The average molecular weight is 324 g/mol. The summed E-state index contributed by atoms with van der Waals surface area (Å²) in [5, 5.41) is 11.3. The lowest BCUT2D eigenvalue weighted by Crippen LogP contribution is -2.12. The minimum atomic E-state index is 0.270. The van der Waals surface area contributed by atoms with Crippen LogP contribution in [0.15, 0.2) is 28.9 Å². The number of H-pyrrole nitrogens is 1. The number of hydrogen-bond acceptors (Lipinski definition) is 5. The molecule has 0 fully saturated rings. The molecule has 0 aliphatic heterocycles. The molecule has 0 saturated carbocycles. The van der Waals surface area contributed by atoms with Crippen molar-refractivity contribution in [2.45, 2.75) is 38.5 Å². The Morgan fingerprint density at radius 1 is 1.38 bits per heavy atom. The molecule has 1 unspecified atom stereocenters. The molecule has 6 nitrogen and oxygen atoms in total. The SMILES string of the molecule is COc1cc(Cc2noc(C3CCc4cn[nH]c4C3)n2)ccc1C. The van der Waals surface area contributed by atoms with Gasteiger partial charge in [-0.1, -0.05) is 17.3 Å². The first-order valence-corrected chi connectivity index (χ1v) is 8.20. The van der Waals surface area contributed by atoms with Crippen LogP contribution in [-0.2, 0) is 19.3 Å². The number of fused-ring (bicyclic) bond motifs is 1. The smallest absolute Gasteiger partial charge is 0.230 e. The molecule has 2 aromatic heterocycles. The Hall–Kier alpha value is -2.63. The number of aromatic amines is 1. The second-order valence-electron chi connectivity index (χ2n) is 6.34. The minimum Gasteiger partial charge on any atom is -0.496 e. The number of nitrogens with zero attached hydrogens (tertiary/aromatic N) is 3. The van der Waals surface area contributed by atoms with E-state index < -0.39 is 0 Å². The highest BCUT2D eigenvalue weighted by atomic mass is 16.5. The van der Waals surface area contributed by atoms with Gasteiger partial charge in [-0.25, -0.2) is 0 Å². The van der Waals surface area contributed by atoms with Crippen LogP contribution in [0, 0.1) is 6.92 Å². The van der Waals surface area contributed by atoms with Gasteiger partial charge in [-0.2, -0.15) is 10.1 Å². The predicted molar refractivity (Wildman–Crippen MR) is 88.2 cm³/mol. The highest BCUT2D eigenvalue weighted by molar-refractivity contribution is 5.37. The molecule has 0 bridgehead atoms. The maximum Gasteiger partial charge on any atom is 0.230 e. The Bertz CT molecular complexity index is 852. The van der Waals surface area contributed by atoms with E-state index in [1.807, 2.05) is 19.2 Å². The van der Waals surface area contributed by atoms with Crippen molar-refractivity contribution in [1.29, 1.82) is 0 Å². The maximum absolute atomic E-state index is 5.52. The molecule has 0 radical (unpaired) electrons. The van der Waals surface area contributed by atoms with E-state index in [-0.39, 0.29) is 5.92 Å². The van der Waals surface area contributed by atoms with Gasteiger partial charge in [0.2, 0.25) is 5.89 Å². The summed E-state index contributed by atoms with van der Waals surface area (Å²) in [5.41, 5.74) is 4.73. The van der Waals surface area contributed by atoms with E-state index in [1.54, 1.807) is 7.11 Å². The number of rotatable bonds is 4. The van der Waals surface area contributed by atoms with E-state index in [0.717, 1.165) is 42.0 Å². The zero-order valence-electron chi connectivity index (χ0n) is 13.9. The van der Waals surface area contributed by atoms with Crippen molar-refractivity contribution in [3.8, 4) is 5.75 Å². The van der Waals surface area contributed by atoms with Gasteiger partial charge in [0.05, 0.1) is 13.3 Å². The predicted octanol–water partition coefficient (Wildman–Crippen LogP) is 2.97. The van der Waals surface area contributed by atoms with Crippen LogP contribution in [0.2, 0.25) is 0 Å². The standard InChI is InChI=1S/C18H20N4O2/c1-11-3-4-12(7-16(11)23-2)8-17-20-18(24-22-17)13-5-6-14-10-19-21-15(14)9-13/h3-4,7,10,13H,5-6,8-9H2,1-2H3,(H,19,21). The maximum atomic E-state index is 5.52. The minimum absolute atomic E-state index is 0.270. The molecule has 24 heavy (non-hydrogen) atoms. The fraction of sp³-hybridized carbons (Fsp3) is 0.389. The van der Waals surface area contributed by atoms with Gasteiger partial charge in [0.25, 0.3) is 0 Å². The Morgan fingerprint density at radius 2 is 2.29 bits per heavy atom. The monoisotopic (exact) mass is 324 g/mol. The van der Waals surface area contributed by atoms with Crippen molar-refractivity contribution >= 4 is 0 Å². The number of benzene rings is 1. The molecule has 1 atom stereocenters. The fourth-order valence-electron chi connectivity index (χ4n) is 3.28. The zero-order chi connectivity index (χ0) is 16.5. The molecule has 0 spiro atoms. The van der Waals surface area contributed by atoms with Crippen LogP contribution in [0.1, 0.15) is 46.4 Å². The summed E-state index contributed by atoms with van der Waals surface area (Å²) >= 11 is 0. The first-order valence-electron chi connectivity index (χ1n) is 8.20. The molecule has 1 aliphatic carbocycles. The highest BCUT2D eigenvalue weighted by Gasteiger charge is 2.26. The first kappa shape index (κ1) is 14.9. The number of ether oxygens (including phenoxy) is 1. The largest absolute Gasteiger partial charge is 0.496 e. The molecular formula is C18H20N4O2. The van der Waals surface area contributed by atoms with Crippen molar-refractivity contribution in [3.05, 3.63) is 58.5 Å². The Labute approximate surface area is 140 Å². The first-order chi connectivity index (χ1) is 11.7. The van der Waals surface area contributed by atoms with Crippen LogP contribution < -0.4 is 4.74 Å². The topological polar surface area (TPSA) is 76.8 Å². The summed E-state index contributed by atoms with van der Waals surface area (Å²) in [6.45, 7) is 2.03. The fourth-order valence-corrected chi connectivity index (χ4v) is 3.28. The normalized spacial score (nSPS) is 16.8. The summed E-state index contributed by atoms with van der Waals surface area (Å²) in [6.07, 6.45) is 5.46. The van der Waals surface area contributed by atoms with Crippen molar-refractivity contribution < 1.29 is 9.26 Å². The number of methoxy groups -OCH3 is 1. The van der Waals surface area contributed by atoms with E-state index in [4.69, 9.17) is 9.26 Å². The molecule has 0 saturated heterocycles. The summed E-state index contributed by atoms with van der Waals surface area (Å²) in [5.74, 6) is 2.60. The molecule has 0 amide bonds. The number of hydrogen-bond donors (Lipinski definition) is 1. The average Bonchev–Trinajstić information content (AvgIpc) is 3.25. The van der Waals surface area contributed by atoms with Crippen LogP contribution in [0.4, 0.5) is 0 Å². The van der Waals surface area contributed by atoms with Crippen molar-refractivity contribution in [3.63, 3.8) is 0 Å². The van der Waals surface area contributed by atoms with Gasteiger partial charge in [0.15, 0.2) is 5.82 Å². The van der Waals surface area contributed by atoms with E-state index >= 15 is 0 Å². The van der Waals surface area contributed by atoms with Gasteiger partial charge in [-0.3, -0.25) is 5.10 Å². The van der Waals surface area contributed by atoms with Gasteiger partial charge in [-0.15, -0.1) is 0 Å². The zero-order valence-corrected chi connectivity index (χ0v) is 13.9. The molecule has 3 aromatic rings. The van der Waals surface area contributed by atoms with E-state index in [0.29, 0.717) is 12.2 Å². The number of nitrogens with one attached hydrogen (secondary N) is 1. The molecule has 1 aromatic carbocycles. The van der Waals surface area contributed by atoms with Crippen molar-refractivity contribution in [2.75, 3.05) is 7.11 Å². The van der Waals surface area contributed by atoms with Gasteiger partial charge < -0.3 is 9.26 Å².